The Kier molecular flexibility index (Phi) is 5.68. The van der Waals surface area contributed by atoms with Gasteiger partial charge in [0.15, 0.2) is 5.60 Å². The van der Waals surface area contributed by atoms with Crippen LogP contribution in [0.2, 0.25) is 0 Å². The van der Waals surface area contributed by atoms with E-state index in [0.29, 0.717) is 6.42 Å². The minimum Gasteiger partial charge on any atom is -0.300 e. The molecule has 1 aliphatic rings. The van der Waals surface area contributed by atoms with Crippen LogP contribution in [-0.2, 0) is 4.84 Å². The van der Waals surface area contributed by atoms with Crippen molar-refractivity contribution in [3.05, 3.63) is 44.0 Å². The molecule has 1 aliphatic carbocycles. The lowest BCUT2D eigenvalue weighted by molar-refractivity contribution is -0.791. The molecule has 0 fully saturated rings. The highest BCUT2D eigenvalue weighted by atomic mass is 17.0. The molecule has 7 heteroatoms. The highest BCUT2D eigenvalue weighted by Crippen LogP contribution is 2.31. The molecule has 0 aromatic rings. The van der Waals surface area contributed by atoms with Crippen LogP contribution < -0.4 is 0 Å². The SMILES string of the molecule is CC1=CCC(C)(C)C=CCC(C)(O[N+](=O)[O-])C([N+](=O)[O-])CC1. The van der Waals surface area contributed by atoms with Crippen LogP contribution in [0.15, 0.2) is 23.8 Å². The van der Waals surface area contributed by atoms with E-state index in [1.165, 1.54) is 6.92 Å². The average Bonchev–Trinajstić information content (AvgIpc) is 2.35. The first kappa shape index (κ1) is 18.1. The molecule has 1 rings (SSSR count). The summed E-state index contributed by atoms with van der Waals surface area (Å²) in [6.07, 6.45) is 7.48. The van der Waals surface area contributed by atoms with Crippen LogP contribution in [-0.4, -0.2) is 21.7 Å². The second kappa shape index (κ2) is 6.89. The second-order valence-electron chi connectivity index (χ2n) is 6.82. The smallest absolute Gasteiger partial charge is 0.295 e. The van der Waals surface area contributed by atoms with E-state index >= 15 is 0 Å². The Morgan fingerprint density at radius 2 is 1.86 bits per heavy atom. The van der Waals surface area contributed by atoms with Crippen LogP contribution in [0.25, 0.3) is 0 Å². The predicted molar refractivity (Wildman–Crippen MR) is 82.4 cm³/mol. The molecule has 0 saturated heterocycles. The van der Waals surface area contributed by atoms with Crippen molar-refractivity contribution in [1.82, 2.24) is 0 Å². The Morgan fingerprint density at radius 3 is 2.41 bits per heavy atom. The van der Waals surface area contributed by atoms with Crippen molar-refractivity contribution in [2.24, 2.45) is 5.41 Å². The van der Waals surface area contributed by atoms with Gasteiger partial charge in [0.05, 0.1) is 0 Å². The number of nitrogens with zero attached hydrogens (tertiary/aromatic N) is 2. The molecular weight excluding hydrogens is 288 g/mol. The van der Waals surface area contributed by atoms with Crippen molar-refractivity contribution >= 4 is 0 Å². The summed E-state index contributed by atoms with van der Waals surface area (Å²) in [4.78, 5) is 26.4. The summed E-state index contributed by atoms with van der Waals surface area (Å²) in [5, 5.41) is 21.2. The van der Waals surface area contributed by atoms with Gasteiger partial charge in [-0.3, -0.25) is 15.0 Å². The summed E-state index contributed by atoms with van der Waals surface area (Å²) >= 11 is 0. The van der Waals surface area contributed by atoms with E-state index in [2.05, 4.69) is 19.9 Å². The third kappa shape index (κ3) is 5.13. The molecular formula is C15H24N2O5. The average molecular weight is 312 g/mol. The molecule has 124 valence electrons. The maximum atomic E-state index is 11.4. The monoisotopic (exact) mass is 312 g/mol. The summed E-state index contributed by atoms with van der Waals surface area (Å²) in [5.74, 6) is 0. The van der Waals surface area contributed by atoms with Crippen molar-refractivity contribution in [2.45, 2.75) is 65.0 Å². The Morgan fingerprint density at radius 1 is 1.23 bits per heavy atom. The van der Waals surface area contributed by atoms with Crippen LogP contribution in [0, 0.1) is 25.6 Å². The number of allylic oxidation sites excluding steroid dienone is 3. The van der Waals surface area contributed by atoms with E-state index in [1.54, 1.807) is 6.08 Å². The van der Waals surface area contributed by atoms with Gasteiger partial charge in [-0.1, -0.05) is 37.6 Å². The minimum absolute atomic E-state index is 0.106. The third-order valence-corrected chi connectivity index (χ3v) is 4.12. The molecule has 0 spiro atoms. The molecule has 0 radical (unpaired) electrons. The molecule has 22 heavy (non-hydrogen) atoms. The van der Waals surface area contributed by atoms with Crippen LogP contribution in [0.3, 0.4) is 0 Å². The second-order valence-corrected chi connectivity index (χ2v) is 6.82. The largest absolute Gasteiger partial charge is 0.300 e. The predicted octanol–water partition coefficient (Wildman–Crippen LogP) is 3.70. The van der Waals surface area contributed by atoms with Gasteiger partial charge >= 0.3 is 0 Å². The van der Waals surface area contributed by atoms with Crippen molar-refractivity contribution in [3.8, 4) is 0 Å². The zero-order valence-electron chi connectivity index (χ0n) is 13.6. The molecule has 0 aromatic carbocycles. The molecule has 0 saturated carbocycles. The summed E-state index contributed by atoms with van der Waals surface area (Å²) in [6, 6.07) is -1.13. The van der Waals surface area contributed by atoms with Gasteiger partial charge in [-0.2, -0.15) is 0 Å². The van der Waals surface area contributed by atoms with Gasteiger partial charge in [0, 0.05) is 17.8 Å². The standard InChI is InChI=1S/C15H24N2O5/c1-12-6-7-13(16(18)19)15(4,22-17(20)21)10-5-9-14(2,3)11-8-12/h5,8-9,13H,6-7,10-11H2,1-4H3. The van der Waals surface area contributed by atoms with Gasteiger partial charge in [0.25, 0.3) is 5.09 Å². The van der Waals surface area contributed by atoms with Crippen molar-refractivity contribution < 1.29 is 14.8 Å². The Labute approximate surface area is 130 Å². The van der Waals surface area contributed by atoms with Gasteiger partial charge < -0.3 is 0 Å². The Hall–Kier alpha value is -1.92. The van der Waals surface area contributed by atoms with E-state index in [4.69, 9.17) is 4.84 Å². The lowest BCUT2D eigenvalue weighted by atomic mass is 9.86. The first-order valence-electron chi connectivity index (χ1n) is 7.36. The van der Waals surface area contributed by atoms with Crippen molar-refractivity contribution in [3.63, 3.8) is 0 Å². The van der Waals surface area contributed by atoms with E-state index in [-0.39, 0.29) is 18.3 Å². The molecule has 0 heterocycles. The lowest BCUT2D eigenvalue weighted by Crippen LogP contribution is -2.47. The van der Waals surface area contributed by atoms with Crippen LogP contribution in [0.1, 0.15) is 53.4 Å². The Bertz CT molecular complexity index is 498. The molecule has 0 N–H and O–H groups in total. The zero-order chi connectivity index (χ0) is 17.0. The van der Waals surface area contributed by atoms with E-state index in [0.717, 1.165) is 12.0 Å². The van der Waals surface area contributed by atoms with Crippen molar-refractivity contribution in [1.29, 1.82) is 0 Å². The Balaban J connectivity index is 3.19. The van der Waals surface area contributed by atoms with Gasteiger partial charge in [0.2, 0.25) is 6.04 Å². The lowest BCUT2D eigenvalue weighted by Gasteiger charge is -2.29. The summed E-state index contributed by atoms with van der Waals surface area (Å²) in [6.45, 7) is 7.49. The number of hydrogen-bond donors (Lipinski definition) is 0. The third-order valence-electron chi connectivity index (χ3n) is 4.12. The van der Waals surface area contributed by atoms with Gasteiger partial charge in [-0.25, -0.2) is 0 Å². The molecule has 0 aromatic heterocycles. The minimum atomic E-state index is -1.47. The topological polar surface area (TPSA) is 95.5 Å². The molecule has 0 amide bonds. The normalized spacial score (nSPS) is 29.1. The van der Waals surface area contributed by atoms with Crippen LogP contribution >= 0.6 is 0 Å². The maximum absolute atomic E-state index is 11.4. The van der Waals surface area contributed by atoms with Crippen LogP contribution in [0.4, 0.5) is 0 Å². The zero-order valence-corrected chi connectivity index (χ0v) is 13.6. The summed E-state index contributed by atoms with van der Waals surface area (Å²) in [7, 11) is 0. The van der Waals surface area contributed by atoms with Gasteiger partial charge in [-0.05, 0) is 32.1 Å². The molecule has 7 nitrogen and oxygen atoms in total. The number of rotatable bonds is 3. The van der Waals surface area contributed by atoms with E-state index in [9.17, 15) is 20.2 Å². The highest BCUT2D eigenvalue weighted by molar-refractivity contribution is 5.08. The van der Waals surface area contributed by atoms with Crippen LogP contribution in [0.5, 0.6) is 0 Å². The number of hydrogen-bond acceptors (Lipinski definition) is 5. The van der Waals surface area contributed by atoms with E-state index < -0.39 is 21.7 Å². The first-order valence-corrected chi connectivity index (χ1v) is 7.36. The molecule has 0 aliphatic heterocycles. The fourth-order valence-electron chi connectivity index (χ4n) is 2.62. The quantitative estimate of drug-likeness (QED) is 0.450. The van der Waals surface area contributed by atoms with Gasteiger partial charge in [0.1, 0.15) is 0 Å². The summed E-state index contributed by atoms with van der Waals surface area (Å²) in [5.41, 5.74) is -0.520. The van der Waals surface area contributed by atoms with Crippen molar-refractivity contribution in [2.75, 3.05) is 0 Å². The van der Waals surface area contributed by atoms with E-state index in [1.807, 2.05) is 13.0 Å². The highest BCUT2D eigenvalue weighted by Gasteiger charge is 2.45. The fourth-order valence-corrected chi connectivity index (χ4v) is 2.62. The molecule has 2 atom stereocenters. The summed E-state index contributed by atoms with van der Waals surface area (Å²) < 4.78 is 0. The molecule has 2 unspecified atom stereocenters. The van der Waals surface area contributed by atoms with Gasteiger partial charge in [-0.15, -0.1) is 10.1 Å². The number of nitro groups is 1. The fraction of sp³-hybridized carbons (Fsp3) is 0.733. The first-order chi connectivity index (χ1) is 10.1. The maximum Gasteiger partial charge on any atom is 0.295 e. The molecule has 0 bridgehead atoms.